The van der Waals surface area contributed by atoms with E-state index in [0.717, 1.165) is 31.5 Å². The highest BCUT2D eigenvalue weighted by atomic mass is 16.5. The summed E-state index contributed by atoms with van der Waals surface area (Å²) in [5.41, 5.74) is 6.29. The number of aromatic nitrogens is 1. The number of nitrogen functional groups attached to an aromatic ring is 1. The van der Waals surface area contributed by atoms with Gasteiger partial charge in [-0.25, -0.2) is 0 Å². The topological polar surface area (TPSA) is 63.4 Å². The molecule has 1 aromatic heterocycles. The number of methoxy groups -OCH3 is 1. The Morgan fingerprint density at radius 3 is 2.89 bits per heavy atom. The van der Waals surface area contributed by atoms with E-state index >= 15 is 0 Å². The van der Waals surface area contributed by atoms with Gasteiger partial charge in [0.15, 0.2) is 0 Å². The summed E-state index contributed by atoms with van der Waals surface area (Å²) in [5, 5.41) is 3.31. The molecule has 1 aliphatic rings. The highest BCUT2D eigenvalue weighted by molar-refractivity contribution is 5.53. The smallest absolute Gasteiger partial charge is 0.238 e. The molecule has 0 amide bonds. The molecule has 0 spiro atoms. The van der Waals surface area contributed by atoms with Gasteiger partial charge in [0, 0.05) is 19.1 Å². The molecule has 18 heavy (non-hydrogen) atoms. The summed E-state index contributed by atoms with van der Waals surface area (Å²) in [6.45, 7) is 5.27. The van der Waals surface area contributed by atoms with E-state index in [9.17, 15) is 0 Å². The maximum Gasteiger partial charge on any atom is 0.238 e. The van der Waals surface area contributed by atoms with E-state index in [4.69, 9.17) is 10.5 Å². The predicted molar refractivity (Wildman–Crippen MR) is 74.0 cm³/mol. The first-order valence-electron chi connectivity index (χ1n) is 6.53. The van der Waals surface area contributed by atoms with Crippen LogP contribution in [-0.4, -0.2) is 42.7 Å². The first-order valence-corrected chi connectivity index (χ1v) is 6.53. The summed E-state index contributed by atoms with van der Waals surface area (Å²) in [4.78, 5) is 6.80. The lowest BCUT2D eigenvalue weighted by Crippen LogP contribution is -2.31. The van der Waals surface area contributed by atoms with Crippen LogP contribution in [0.4, 0.5) is 11.5 Å². The van der Waals surface area contributed by atoms with Crippen molar-refractivity contribution >= 4 is 11.5 Å². The molecular formula is C13H22N4O. The van der Waals surface area contributed by atoms with Crippen LogP contribution in [-0.2, 0) is 0 Å². The number of ether oxygens (including phenoxy) is 1. The van der Waals surface area contributed by atoms with Gasteiger partial charge >= 0.3 is 0 Å². The van der Waals surface area contributed by atoms with Crippen LogP contribution in [0.25, 0.3) is 0 Å². The van der Waals surface area contributed by atoms with Crippen LogP contribution in [0, 0.1) is 0 Å². The van der Waals surface area contributed by atoms with E-state index in [0.29, 0.717) is 11.6 Å². The lowest BCUT2D eigenvalue weighted by Gasteiger charge is -2.20. The highest BCUT2D eigenvalue weighted by Gasteiger charge is 2.27. The third kappa shape index (κ3) is 3.26. The Hall–Kier alpha value is -1.49. The minimum atomic E-state index is 0.481. The van der Waals surface area contributed by atoms with Crippen molar-refractivity contribution in [2.75, 3.05) is 37.8 Å². The maximum atomic E-state index is 5.72. The summed E-state index contributed by atoms with van der Waals surface area (Å²) in [6, 6.07) is 4.50. The van der Waals surface area contributed by atoms with Crippen LogP contribution < -0.4 is 15.8 Å². The van der Waals surface area contributed by atoms with Crippen molar-refractivity contribution in [1.82, 2.24) is 9.88 Å². The molecule has 1 saturated carbocycles. The van der Waals surface area contributed by atoms with Crippen LogP contribution in [0.15, 0.2) is 12.1 Å². The molecule has 0 radical (unpaired) electrons. The molecule has 1 aromatic rings. The van der Waals surface area contributed by atoms with Crippen molar-refractivity contribution in [3.05, 3.63) is 12.1 Å². The predicted octanol–water partition coefficient (Wildman–Crippen LogP) is 1.57. The van der Waals surface area contributed by atoms with Gasteiger partial charge in [0.05, 0.1) is 12.8 Å². The molecule has 0 bridgehead atoms. The fourth-order valence-corrected chi connectivity index (χ4v) is 2.08. The molecule has 2 rings (SSSR count). The second-order valence-electron chi connectivity index (χ2n) is 4.58. The largest absolute Gasteiger partial charge is 0.479 e. The van der Waals surface area contributed by atoms with Gasteiger partial charge in [-0.1, -0.05) is 6.92 Å². The van der Waals surface area contributed by atoms with Crippen molar-refractivity contribution in [3.63, 3.8) is 0 Å². The van der Waals surface area contributed by atoms with Gasteiger partial charge in [-0.05, 0) is 31.5 Å². The number of nitrogens with one attached hydrogen (secondary N) is 1. The quantitative estimate of drug-likeness (QED) is 0.769. The molecule has 1 heterocycles. The lowest BCUT2D eigenvalue weighted by atomic mass is 10.4. The summed E-state index contributed by atoms with van der Waals surface area (Å²) in [5.74, 6) is 1.29. The second kappa shape index (κ2) is 5.91. The van der Waals surface area contributed by atoms with Gasteiger partial charge in [0.25, 0.3) is 0 Å². The van der Waals surface area contributed by atoms with E-state index in [1.807, 2.05) is 12.1 Å². The van der Waals surface area contributed by atoms with Crippen LogP contribution in [0.2, 0.25) is 0 Å². The van der Waals surface area contributed by atoms with Crippen molar-refractivity contribution in [2.24, 2.45) is 0 Å². The number of hydrogen-bond acceptors (Lipinski definition) is 5. The van der Waals surface area contributed by atoms with Gasteiger partial charge in [-0.15, -0.1) is 0 Å². The number of nitrogens with zero attached hydrogens (tertiary/aromatic N) is 2. The van der Waals surface area contributed by atoms with Crippen molar-refractivity contribution in [3.8, 4) is 5.88 Å². The summed E-state index contributed by atoms with van der Waals surface area (Å²) < 4.78 is 5.10. The van der Waals surface area contributed by atoms with Gasteiger partial charge in [0.1, 0.15) is 5.82 Å². The number of anilines is 2. The first kappa shape index (κ1) is 13.0. The molecule has 0 saturated heterocycles. The Bertz CT molecular complexity index is 393. The van der Waals surface area contributed by atoms with Crippen molar-refractivity contribution < 1.29 is 4.74 Å². The van der Waals surface area contributed by atoms with E-state index in [1.54, 1.807) is 7.11 Å². The van der Waals surface area contributed by atoms with Crippen LogP contribution in [0.3, 0.4) is 0 Å². The molecule has 5 heteroatoms. The molecule has 5 nitrogen and oxygen atoms in total. The van der Waals surface area contributed by atoms with Gasteiger partial charge in [0.2, 0.25) is 5.88 Å². The second-order valence-corrected chi connectivity index (χ2v) is 4.58. The minimum Gasteiger partial charge on any atom is -0.479 e. The van der Waals surface area contributed by atoms with E-state index in [-0.39, 0.29) is 0 Å². The molecule has 1 aliphatic carbocycles. The SMILES string of the molecule is CCN(CCNc1ccc(N)c(OC)n1)C1CC1. The number of pyridine rings is 1. The number of likely N-dealkylation sites (N-methyl/N-ethyl adjacent to an activating group) is 1. The molecule has 1 fully saturated rings. The average Bonchev–Trinajstić information content (AvgIpc) is 3.21. The van der Waals surface area contributed by atoms with E-state index in [2.05, 4.69) is 22.1 Å². The van der Waals surface area contributed by atoms with Crippen molar-refractivity contribution in [1.29, 1.82) is 0 Å². The highest BCUT2D eigenvalue weighted by Crippen LogP contribution is 2.26. The Balaban J connectivity index is 1.82. The molecule has 100 valence electrons. The molecular weight excluding hydrogens is 228 g/mol. The Morgan fingerprint density at radius 1 is 1.50 bits per heavy atom. The minimum absolute atomic E-state index is 0.481. The average molecular weight is 250 g/mol. The first-order chi connectivity index (χ1) is 8.74. The normalized spacial score (nSPS) is 14.8. The van der Waals surface area contributed by atoms with Gasteiger partial charge in [-0.3, -0.25) is 4.90 Å². The van der Waals surface area contributed by atoms with Crippen LogP contribution >= 0.6 is 0 Å². The monoisotopic (exact) mass is 250 g/mol. The fourth-order valence-electron chi connectivity index (χ4n) is 2.08. The Morgan fingerprint density at radius 2 is 2.28 bits per heavy atom. The number of hydrogen-bond donors (Lipinski definition) is 2. The molecule has 0 atom stereocenters. The van der Waals surface area contributed by atoms with Gasteiger partial charge in [-0.2, -0.15) is 4.98 Å². The number of nitrogens with two attached hydrogens (primary N) is 1. The lowest BCUT2D eigenvalue weighted by molar-refractivity contribution is 0.289. The summed E-state index contributed by atoms with van der Waals surface area (Å²) in [6.07, 6.45) is 2.70. The Labute approximate surface area is 108 Å². The molecule has 3 N–H and O–H groups in total. The van der Waals surface area contributed by atoms with E-state index in [1.165, 1.54) is 12.8 Å². The summed E-state index contributed by atoms with van der Waals surface area (Å²) in [7, 11) is 1.58. The van der Waals surface area contributed by atoms with Crippen molar-refractivity contribution in [2.45, 2.75) is 25.8 Å². The maximum absolute atomic E-state index is 5.72. The Kier molecular flexibility index (Phi) is 4.25. The number of rotatable bonds is 7. The third-order valence-electron chi connectivity index (χ3n) is 3.26. The standard InChI is InChI=1S/C13H22N4O/c1-3-17(10-4-5-10)9-8-15-12-7-6-11(14)13(16-12)18-2/h6-7,10H,3-5,8-9,14H2,1-2H3,(H,15,16). The third-order valence-corrected chi connectivity index (χ3v) is 3.26. The zero-order chi connectivity index (χ0) is 13.0. The van der Waals surface area contributed by atoms with Crippen LogP contribution in [0.5, 0.6) is 5.88 Å². The fraction of sp³-hybridized carbons (Fsp3) is 0.615. The molecule has 0 aromatic carbocycles. The van der Waals surface area contributed by atoms with Crippen LogP contribution in [0.1, 0.15) is 19.8 Å². The molecule has 0 aliphatic heterocycles. The van der Waals surface area contributed by atoms with Gasteiger partial charge < -0.3 is 15.8 Å². The molecule has 0 unspecified atom stereocenters. The zero-order valence-electron chi connectivity index (χ0n) is 11.1. The zero-order valence-corrected chi connectivity index (χ0v) is 11.1. The van der Waals surface area contributed by atoms with E-state index < -0.39 is 0 Å². The summed E-state index contributed by atoms with van der Waals surface area (Å²) >= 11 is 0.